The van der Waals surface area contributed by atoms with Gasteiger partial charge in [0.15, 0.2) is 11.6 Å². The molecule has 2 aromatic rings. The second-order valence-electron chi connectivity index (χ2n) is 3.94. The third-order valence-electron chi connectivity index (χ3n) is 2.72. The van der Waals surface area contributed by atoms with Crippen LogP contribution in [-0.2, 0) is 0 Å². The van der Waals surface area contributed by atoms with Gasteiger partial charge in [0.05, 0.1) is 13.2 Å². The number of anilines is 1. The van der Waals surface area contributed by atoms with Crippen LogP contribution in [0.1, 0.15) is 18.5 Å². The van der Waals surface area contributed by atoms with Gasteiger partial charge in [-0.05, 0) is 30.7 Å². The van der Waals surface area contributed by atoms with Gasteiger partial charge in [0.2, 0.25) is 0 Å². The molecular formula is C14H15ClN2O. The second kappa shape index (κ2) is 5.74. The van der Waals surface area contributed by atoms with Gasteiger partial charge < -0.3 is 10.1 Å². The van der Waals surface area contributed by atoms with Crippen LogP contribution in [0.25, 0.3) is 0 Å². The van der Waals surface area contributed by atoms with Gasteiger partial charge in [-0.2, -0.15) is 0 Å². The van der Waals surface area contributed by atoms with Crippen molar-refractivity contribution in [2.75, 3.05) is 12.4 Å². The van der Waals surface area contributed by atoms with Crippen molar-refractivity contribution in [1.82, 2.24) is 4.98 Å². The maximum absolute atomic E-state index is 6.17. The molecule has 1 unspecified atom stereocenters. The van der Waals surface area contributed by atoms with Crippen LogP contribution in [0, 0.1) is 0 Å². The summed E-state index contributed by atoms with van der Waals surface area (Å²) in [7, 11) is 1.63. The summed E-state index contributed by atoms with van der Waals surface area (Å²) >= 11 is 6.17. The number of nitrogens with one attached hydrogen (secondary N) is 1. The molecule has 1 aromatic heterocycles. The summed E-state index contributed by atoms with van der Waals surface area (Å²) in [6.07, 6.45) is 1.73. The molecule has 1 aromatic carbocycles. The van der Waals surface area contributed by atoms with Gasteiger partial charge in [0.1, 0.15) is 0 Å². The predicted octanol–water partition coefficient (Wildman–Crippen LogP) is 3.92. The van der Waals surface area contributed by atoms with Crippen LogP contribution >= 0.6 is 11.6 Å². The largest absolute Gasteiger partial charge is 0.493 e. The summed E-state index contributed by atoms with van der Waals surface area (Å²) in [5, 5.41) is 4.04. The zero-order chi connectivity index (χ0) is 13.0. The molecule has 0 spiro atoms. The number of halogens is 1. The van der Waals surface area contributed by atoms with Gasteiger partial charge in [0, 0.05) is 11.2 Å². The Balaban J connectivity index is 2.21. The lowest BCUT2D eigenvalue weighted by atomic mass is 10.1. The zero-order valence-electron chi connectivity index (χ0n) is 10.4. The lowest BCUT2D eigenvalue weighted by Crippen LogP contribution is -2.09. The van der Waals surface area contributed by atoms with Gasteiger partial charge >= 0.3 is 0 Å². The van der Waals surface area contributed by atoms with E-state index in [1.54, 1.807) is 13.3 Å². The molecule has 0 aliphatic carbocycles. The van der Waals surface area contributed by atoms with Crippen molar-refractivity contribution in [2.24, 2.45) is 0 Å². The fourth-order valence-electron chi connectivity index (χ4n) is 1.77. The molecule has 0 fully saturated rings. The van der Waals surface area contributed by atoms with E-state index in [0.717, 1.165) is 16.3 Å². The molecule has 1 heterocycles. The first-order valence-electron chi connectivity index (χ1n) is 5.72. The van der Waals surface area contributed by atoms with Crippen LogP contribution in [0.5, 0.6) is 5.75 Å². The van der Waals surface area contributed by atoms with E-state index in [4.69, 9.17) is 16.3 Å². The van der Waals surface area contributed by atoms with Crippen molar-refractivity contribution >= 4 is 17.4 Å². The standard InChI is InChI=1S/C14H15ClN2O/c1-10(11-6-3-4-7-12(11)15)17-14-13(18-2)8-5-9-16-14/h3-10H,1-2H3,(H,16,17). The van der Waals surface area contributed by atoms with Crippen molar-refractivity contribution in [1.29, 1.82) is 0 Å². The molecule has 94 valence electrons. The fourth-order valence-corrected chi connectivity index (χ4v) is 2.07. The van der Waals surface area contributed by atoms with Crippen molar-refractivity contribution in [2.45, 2.75) is 13.0 Å². The molecular weight excluding hydrogens is 248 g/mol. The van der Waals surface area contributed by atoms with Gasteiger partial charge in [-0.15, -0.1) is 0 Å². The van der Waals surface area contributed by atoms with E-state index in [0.29, 0.717) is 5.82 Å². The summed E-state index contributed by atoms with van der Waals surface area (Å²) in [5.41, 5.74) is 1.03. The quantitative estimate of drug-likeness (QED) is 0.907. The van der Waals surface area contributed by atoms with Gasteiger partial charge in [-0.1, -0.05) is 29.8 Å². The predicted molar refractivity (Wildman–Crippen MR) is 74.3 cm³/mol. The van der Waals surface area contributed by atoms with Crippen LogP contribution in [0.2, 0.25) is 5.02 Å². The number of hydrogen-bond acceptors (Lipinski definition) is 3. The number of ether oxygens (including phenoxy) is 1. The van der Waals surface area contributed by atoms with Crippen molar-refractivity contribution < 1.29 is 4.74 Å². The Kier molecular flexibility index (Phi) is 4.05. The summed E-state index contributed by atoms with van der Waals surface area (Å²) < 4.78 is 5.25. The molecule has 0 aliphatic heterocycles. The van der Waals surface area contributed by atoms with E-state index in [1.165, 1.54) is 0 Å². The van der Waals surface area contributed by atoms with Crippen molar-refractivity contribution in [3.05, 3.63) is 53.2 Å². The van der Waals surface area contributed by atoms with E-state index < -0.39 is 0 Å². The van der Waals surface area contributed by atoms with Gasteiger partial charge in [0.25, 0.3) is 0 Å². The summed E-state index contributed by atoms with van der Waals surface area (Å²) in [5.74, 6) is 1.43. The summed E-state index contributed by atoms with van der Waals surface area (Å²) in [6, 6.07) is 11.5. The number of rotatable bonds is 4. The highest BCUT2D eigenvalue weighted by atomic mass is 35.5. The third kappa shape index (κ3) is 2.74. The smallest absolute Gasteiger partial charge is 0.169 e. The monoisotopic (exact) mass is 262 g/mol. The highest BCUT2D eigenvalue weighted by Gasteiger charge is 2.11. The molecule has 3 nitrogen and oxygen atoms in total. The molecule has 18 heavy (non-hydrogen) atoms. The minimum absolute atomic E-state index is 0.0579. The highest BCUT2D eigenvalue weighted by Crippen LogP contribution is 2.28. The van der Waals surface area contributed by atoms with Crippen molar-refractivity contribution in [3.8, 4) is 5.75 Å². The molecule has 4 heteroatoms. The Bertz CT molecular complexity index is 531. The van der Waals surface area contributed by atoms with Crippen molar-refractivity contribution in [3.63, 3.8) is 0 Å². The average Bonchev–Trinajstić information content (AvgIpc) is 2.39. The van der Waals surface area contributed by atoms with Gasteiger partial charge in [-0.25, -0.2) is 4.98 Å². The van der Waals surface area contributed by atoms with E-state index in [2.05, 4.69) is 10.3 Å². The molecule has 0 radical (unpaired) electrons. The van der Waals surface area contributed by atoms with E-state index >= 15 is 0 Å². The topological polar surface area (TPSA) is 34.1 Å². The Morgan fingerprint density at radius 3 is 2.72 bits per heavy atom. The number of pyridine rings is 1. The molecule has 0 saturated carbocycles. The number of benzene rings is 1. The zero-order valence-corrected chi connectivity index (χ0v) is 11.1. The summed E-state index contributed by atoms with van der Waals surface area (Å²) in [6.45, 7) is 2.04. The molecule has 0 amide bonds. The molecule has 0 aliphatic rings. The first kappa shape index (κ1) is 12.7. The van der Waals surface area contributed by atoms with Crippen LogP contribution in [0.15, 0.2) is 42.6 Å². The number of methoxy groups -OCH3 is 1. The van der Waals surface area contributed by atoms with Crippen LogP contribution in [-0.4, -0.2) is 12.1 Å². The SMILES string of the molecule is COc1cccnc1NC(C)c1ccccc1Cl. The number of aromatic nitrogens is 1. The second-order valence-corrected chi connectivity index (χ2v) is 4.35. The number of nitrogens with zero attached hydrogens (tertiary/aromatic N) is 1. The van der Waals surface area contributed by atoms with E-state index in [9.17, 15) is 0 Å². The molecule has 0 bridgehead atoms. The summed E-state index contributed by atoms with van der Waals surface area (Å²) in [4.78, 5) is 4.27. The van der Waals surface area contributed by atoms with Crippen LogP contribution in [0.4, 0.5) is 5.82 Å². The first-order chi connectivity index (χ1) is 8.72. The number of hydrogen-bond donors (Lipinski definition) is 1. The van der Waals surface area contributed by atoms with Crippen LogP contribution < -0.4 is 10.1 Å². The molecule has 1 N–H and O–H groups in total. The maximum Gasteiger partial charge on any atom is 0.169 e. The normalized spacial score (nSPS) is 11.9. The fraction of sp³-hybridized carbons (Fsp3) is 0.214. The third-order valence-corrected chi connectivity index (χ3v) is 3.06. The first-order valence-corrected chi connectivity index (χ1v) is 6.10. The maximum atomic E-state index is 6.17. The lowest BCUT2D eigenvalue weighted by Gasteiger charge is -2.17. The van der Waals surface area contributed by atoms with Gasteiger partial charge in [-0.3, -0.25) is 0 Å². The Labute approximate surface area is 112 Å². The minimum atomic E-state index is 0.0579. The average molecular weight is 263 g/mol. The molecule has 2 rings (SSSR count). The minimum Gasteiger partial charge on any atom is -0.493 e. The van der Waals surface area contributed by atoms with Crippen LogP contribution in [0.3, 0.4) is 0 Å². The molecule has 0 saturated heterocycles. The van der Waals surface area contributed by atoms with E-state index in [1.807, 2.05) is 43.3 Å². The Hall–Kier alpha value is -1.74. The Morgan fingerprint density at radius 1 is 1.22 bits per heavy atom. The highest BCUT2D eigenvalue weighted by molar-refractivity contribution is 6.31. The lowest BCUT2D eigenvalue weighted by molar-refractivity contribution is 0.414. The molecule has 1 atom stereocenters. The van der Waals surface area contributed by atoms with E-state index in [-0.39, 0.29) is 6.04 Å². The Morgan fingerprint density at radius 2 is 2.00 bits per heavy atom.